The summed E-state index contributed by atoms with van der Waals surface area (Å²) in [7, 11) is 1.85. The van der Waals surface area contributed by atoms with E-state index in [1.807, 2.05) is 19.2 Å². The van der Waals surface area contributed by atoms with Gasteiger partial charge >= 0.3 is 0 Å². The predicted molar refractivity (Wildman–Crippen MR) is 55.3 cm³/mol. The minimum Gasteiger partial charge on any atom is -0.316 e. The van der Waals surface area contributed by atoms with E-state index < -0.39 is 0 Å². The molecular formula is C10H14N2O2. The van der Waals surface area contributed by atoms with E-state index in [9.17, 15) is 10.1 Å². The zero-order valence-corrected chi connectivity index (χ0v) is 8.63. The minimum atomic E-state index is -0.326. The normalized spacial score (nSPS) is 10.2. The highest BCUT2D eigenvalue weighted by Gasteiger charge is 2.14. The lowest BCUT2D eigenvalue weighted by Gasteiger charge is -2.05. The Morgan fingerprint density at radius 1 is 1.36 bits per heavy atom. The number of nitro groups is 1. The monoisotopic (exact) mass is 194 g/mol. The molecule has 0 saturated heterocycles. The summed E-state index contributed by atoms with van der Waals surface area (Å²) in [6, 6.07) is 3.70. The van der Waals surface area contributed by atoms with E-state index in [0.717, 1.165) is 23.2 Å². The third-order valence-electron chi connectivity index (χ3n) is 2.11. The van der Waals surface area contributed by atoms with E-state index >= 15 is 0 Å². The zero-order chi connectivity index (χ0) is 10.7. The smallest absolute Gasteiger partial charge is 0.275 e. The van der Waals surface area contributed by atoms with E-state index in [4.69, 9.17) is 0 Å². The molecule has 0 aromatic heterocycles. The minimum absolute atomic E-state index is 0.227. The van der Waals surface area contributed by atoms with Crippen LogP contribution in [0.15, 0.2) is 12.1 Å². The molecule has 14 heavy (non-hydrogen) atoms. The third kappa shape index (κ3) is 2.09. The van der Waals surface area contributed by atoms with Crippen LogP contribution in [0.3, 0.4) is 0 Å². The number of hydrogen-bond acceptors (Lipinski definition) is 3. The molecule has 76 valence electrons. The van der Waals surface area contributed by atoms with Crippen LogP contribution in [0.2, 0.25) is 0 Å². The molecule has 0 atom stereocenters. The summed E-state index contributed by atoms with van der Waals surface area (Å²) < 4.78 is 0. The maximum Gasteiger partial charge on any atom is 0.275 e. The van der Waals surface area contributed by atoms with Crippen molar-refractivity contribution in [1.82, 2.24) is 5.32 Å². The van der Waals surface area contributed by atoms with Gasteiger partial charge in [0.2, 0.25) is 0 Å². The van der Waals surface area contributed by atoms with Crippen molar-refractivity contribution in [3.05, 3.63) is 38.9 Å². The van der Waals surface area contributed by atoms with Crippen LogP contribution in [0.4, 0.5) is 5.69 Å². The van der Waals surface area contributed by atoms with Crippen molar-refractivity contribution in [1.29, 1.82) is 0 Å². The Labute approximate surface area is 83.1 Å². The number of aryl methyl sites for hydroxylation is 2. The fraction of sp³-hybridized carbons (Fsp3) is 0.400. The Balaban J connectivity index is 3.18. The standard InChI is InChI=1S/C10H14N2O2/c1-7-4-9(6-11-3)5-8(2)10(7)12(13)14/h4-5,11H,6H2,1-3H3. The van der Waals surface area contributed by atoms with Crippen LogP contribution in [0.25, 0.3) is 0 Å². The molecule has 0 radical (unpaired) electrons. The molecule has 0 bridgehead atoms. The first kappa shape index (κ1) is 10.7. The van der Waals surface area contributed by atoms with Gasteiger partial charge in [-0.15, -0.1) is 0 Å². The van der Waals surface area contributed by atoms with Gasteiger partial charge in [-0.2, -0.15) is 0 Å². The van der Waals surface area contributed by atoms with E-state index in [2.05, 4.69) is 5.32 Å². The first-order valence-electron chi connectivity index (χ1n) is 4.45. The summed E-state index contributed by atoms with van der Waals surface area (Å²) in [6.07, 6.45) is 0. The summed E-state index contributed by atoms with van der Waals surface area (Å²) in [5.74, 6) is 0. The van der Waals surface area contributed by atoms with Gasteiger partial charge in [-0.1, -0.05) is 0 Å². The number of nitrogens with zero attached hydrogens (tertiary/aromatic N) is 1. The molecule has 0 aliphatic rings. The molecule has 0 aliphatic carbocycles. The van der Waals surface area contributed by atoms with Crippen molar-refractivity contribution >= 4 is 5.69 Å². The van der Waals surface area contributed by atoms with Crippen LogP contribution in [0.5, 0.6) is 0 Å². The second kappa shape index (κ2) is 4.19. The number of nitro benzene ring substituents is 1. The molecule has 0 unspecified atom stereocenters. The maximum atomic E-state index is 10.7. The molecule has 0 aliphatic heterocycles. The first-order chi connectivity index (χ1) is 6.56. The lowest BCUT2D eigenvalue weighted by atomic mass is 10.0. The fourth-order valence-electron chi connectivity index (χ4n) is 1.64. The lowest BCUT2D eigenvalue weighted by Crippen LogP contribution is -2.06. The molecule has 1 aromatic carbocycles. The largest absolute Gasteiger partial charge is 0.316 e. The van der Waals surface area contributed by atoms with E-state index in [1.54, 1.807) is 13.8 Å². The van der Waals surface area contributed by atoms with Crippen molar-refractivity contribution in [2.24, 2.45) is 0 Å². The summed E-state index contributed by atoms with van der Waals surface area (Å²) in [4.78, 5) is 10.4. The van der Waals surface area contributed by atoms with Gasteiger partial charge in [0.25, 0.3) is 5.69 Å². The van der Waals surface area contributed by atoms with Gasteiger partial charge in [-0.3, -0.25) is 10.1 Å². The van der Waals surface area contributed by atoms with E-state index in [-0.39, 0.29) is 10.6 Å². The van der Waals surface area contributed by atoms with Gasteiger partial charge in [0, 0.05) is 17.7 Å². The van der Waals surface area contributed by atoms with Crippen LogP contribution in [0.1, 0.15) is 16.7 Å². The SMILES string of the molecule is CNCc1cc(C)c([N+](=O)[O-])c(C)c1. The first-order valence-corrected chi connectivity index (χ1v) is 4.45. The summed E-state index contributed by atoms with van der Waals surface area (Å²) in [5.41, 5.74) is 2.75. The Morgan fingerprint density at radius 3 is 2.21 bits per heavy atom. The summed E-state index contributed by atoms with van der Waals surface area (Å²) in [6.45, 7) is 4.27. The highest BCUT2D eigenvalue weighted by molar-refractivity contribution is 5.48. The summed E-state index contributed by atoms with van der Waals surface area (Å²) in [5, 5.41) is 13.7. The molecule has 0 amide bonds. The molecule has 1 N–H and O–H groups in total. The van der Waals surface area contributed by atoms with Gasteiger partial charge in [0.1, 0.15) is 0 Å². The third-order valence-corrected chi connectivity index (χ3v) is 2.11. The fourth-order valence-corrected chi connectivity index (χ4v) is 1.64. The Morgan fingerprint density at radius 2 is 1.86 bits per heavy atom. The number of rotatable bonds is 3. The molecule has 0 spiro atoms. The lowest BCUT2D eigenvalue weighted by molar-refractivity contribution is -0.386. The van der Waals surface area contributed by atoms with Gasteiger partial charge in [-0.05, 0) is 38.6 Å². The van der Waals surface area contributed by atoms with Crippen LogP contribution in [-0.2, 0) is 6.54 Å². The quantitative estimate of drug-likeness (QED) is 0.591. The Bertz CT molecular complexity index is 338. The van der Waals surface area contributed by atoms with Gasteiger partial charge in [-0.25, -0.2) is 0 Å². The molecule has 0 fully saturated rings. The van der Waals surface area contributed by atoms with Crippen LogP contribution < -0.4 is 5.32 Å². The van der Waals surface area contributed by atoms with Crippen molar-refractivity contribution in [3.63, 3.8) is 0 Å². The molecule has 0 saturated carbocycles. The van der Waals surface area contributed by atoms with Gasteiger partial charge < -0.3 is 5.32 Å². The Kier molecular flexibility index (Phi) is 3.19. The molecule has 0 heterocycles. The van der Waals surface area contributed by atoms with Crippen LogP contribution in [-0.4, -0.2) is 12.0 Å². The highest BCUT2D eigenvalue weighted by Crippen LogP contribution is 2.24. The number of benzene rings is 1. The molecule has 1 aromatic rings. The Hall–Kier alpha value is -1.42. The average Bonchev–Trinajstić information content (AvgIpc) is 2.01. The van der Waals surface area contributed by atoms with Crippen LogP contribution in [0, 0.1) is 24.0 Å². The second-order valence-corrected chi connectivity index (χ2v) is 3.37. The van der Waals surface area contributed by atoms with E-state index in [1.165, 1.54) is 0 Å². The molecule has 4 heteroatoms. The van der Waals surface area contributed by atoms with Crippen molar-refractivity contribution < 1.29 is 4.92 Å². The van der Waals surface area contributed by atoms with Gasteiger partial charge in [0.15, 0.2) is 0 Å². The molecule has 1 rings (SSSR count). The number of nitrogens with one attached hydrogen (secondary N) is 1. The van der Waals surface area contributed by atoms with E-state index in [0.29, 0.717) is 0 Å². The predicted octanol–water partition coefficient (Wildman–Crippen LogP) is 1.93. The molecule has 4 nitrogen and oxygen atoms in total. The maximum absolute atomic E-state index is 10.7. The van der Waals surface area contributed by atoms with Crippen molar-refractivity contribution in [2.75, 3.05) is 7.05 Å². The average molecular weight is 194 g/mol. The van der Waals surface area contributed by atoms with Gasteiger partial charge in [0.05, 0.1) is 4.92 Å². The molecular weight excluding hydrogens is 180 g/mol. The zero-order valence-electron chi connectivity index (χ0n) is 8.63. The topological polar surface area (TPSA) is 55.2 Å². The van der Waals surface area contributed by atoms with Crippen molar-refractivity contribution in [2.45, 2.75) is 20.4 Å². The highest BCUT2D eigenvalue weighted by atomic mass is 16.6. The van der Waals surface area contributed by atoms with Crippen LogP contribution >= 0.6 is 0 Å². The number of hydrogen-bond donors (Lipinski definition) is 1. The second-order valence-electron chi connectivity index (χ2n) is 3.37. The van der Waals surface area contributed by atoms with Crippen molar-refractivity contribution in [3.8, 4) is 0 Å². The summed E-state index contributed by atoms with van der Waals surface area (Å²) >= 11 is 0.